The van der Waals surface area contributed by atoms with Crippen molar-refractivity contribution in [3.63, 3.8) is 0 Å². The zero-order valence-electron chi connectivity index (χ0n) is 17.6. The van der Waals surface area contributed by atoms with Crippen molar-refractivity contribution in [3.05, 3.63) is 53.1 Å². The Morgan fingerprint density at radius 2 is 1.70 bits per heavy atom. The van der Waals surface area contributed by atoms with E-state index in [0.29, 0.717) is 26.1 Å². The van der Waals surface area contributed by atoms with Crippen LogP contribution >= 0.6 is 0 Å². The van der Waals surface area contributed by atoms with Crippen molar-refractivity contribution < 1.29 is 22.7 Å². The molecule has 1 amide bonds. The molecule has 0 radical (unpaired) electrons. The number of hydrogen-bond acceptors (Lipinski definition) is 5. The van der Waals surface area contributed by atoms with Gasteiger partial charge in [-0.2, -0.15) is 4.31 Å². The Morgan fingerprint density at radius 1 is 1.03 bits per heavy atom. The number of methoxy groups -OCH3 is 2. The Labute approximate surface area is 178 Å². The minimum absolute atomic E-state index is 0.0277. The van der Waals surface area contributed by atoms with Crippen molar-refractivity contribution in [1.29, 1.82) is 0 Å². The number of nitrogens with one attached hydrogen (secondary N) is 1. The third-order valence-corrected chi connectivity index (χ3v) is 7.14. The van der Waals surface area contributed by atoms with Gasteiger partial charge in [-0.15, -0.1) is 0 Å². The third-order valence-electron chi connectivity index (χ3n) is 5.22. The standard InChI is InChI=1S/C22H28N2O5S/c1-16-6-8-19(28-2)17(14-16)10-11-23-22(25)18-7-9-20(29-3)21(15-18)30(26,27)24-12-4-5-13-24/h6-9,14-15H,4-5,10-13H2,1-3H3,(H,23,25). The summed E-state index contributed by atoms with van der Waals surface area (Å²) in [5.74, 6) is 0.684. The molecule has 1 N–H and O–H groups in total. The topological polar surface area (TPSA) is 84.9 Å². The van der Waals surface area contributed by atoms with Gasteiger partial charge in [-0.05, 0) is 56.0 Å². The predicted octanol–water partition coefficient (Wildman–Crippen LogP) is 2.77. The lowest BCUT2D eigenvalue weighted by molar-refractivity contribution is 0.0953. The van der Waals surface area contributed by atoms with Gasteiger partial charge >= 0.3 is 0 Å². The molecule has 30 heavy (non-hydrogen) atoms. The number of ether oxygens (including phenoxy) is 2. The van der Waals surface area contributed by atoms with E-state index in [0.717, 1.165) is 29.7 Å². The highest BCUT2D eigenvalue weighted by Crippen LogP contribution is 2.30. The highest BCUT2D eigenvalue weighted by atomic mass is 32.2. The molecule has 1 aliphatic rings. The summed E-state index contributed by atoms with van der Waals surface area (Å²) in [6.45, 7) is 3.38. The summed E-state index contributed by atoms with van der Waals surface area (Å²) in [4.78, 5) is 12.7. The van der Waals surface area contributed by atoms with Gasteiger partial charge in [0.1, 0.15) is 16.4 Å². The van der Waals surface area contributed by atoms with Gasteiger partial charge in [0.15, 0.2) is 0 Å². The van der Waals surface area contributed by atoms with Gasteiger partial charge in [0.25, 0.3) is 5.91 Å². The normalized spacial score (nSPS) is 14.5. The lowest BCUT2D eigenvalue weighted by Gasteiger charge is -2.18. The van der Waals surface area contributed by atoms with Crippen LogP contribution in [0.3, 0.4) is 0 Å². The SMILES string of the molecule is COc1ccc(C)cc1CCNC(=O)c1ccc(OC)c(S(=O)(=O)N2CCCC2)c1. The average Bonchev–Trinajstić information content (AvgIpc) is 3.29. The van der Waals surface area contributed by atoms with E-state index in [1.165, 1.54) is 23.5 Å². The van der Waals surface area contributed by atoms with Crippen molar-refractivity contribution in [2.45, 2.75) is 31.1 Å². The average molecular weight is 433 g/mol. The van der Waals surface area contributed by atoms with Crippen molar-refractivity contribution in [3.8, 4) is 11.5 Å². The molecule has 0 aromatic heterocycles. The quantitative estimate of drug-likeness (QED) is 0.693. The lowest BCUT2D eigenvalue weighted by atomic mass is 10.1. The Kier molecular flexibility index (Phi) is 6.99. The summed E-state index contributed by atoms with van der Waals surface area (Å²) < 4.78 is 38.0. The van der Waals surface area contributed by atoms with Gasteiger partial charge in [-0.25, -0.2) is 8.42 Å². The molecule has 1 aliphatic heterocycles. The van der Waals surface area contributed by atoms with Crippen LogP contribution < -0.4 is 14.8 Å². The Bertz CT molecular complexity index is 1010. The molecule has 0 spiro atoms. The molecule has 7 nitrogen and oxygen atoms in total. The summed E-state index contributed by atoms with van der Waals surface area (Å²) >= 11 is 0. The molecule has 0 saturated carbocycles. The number of nitrogens with zero attached hydrogens (tertiary/aromatic N) is 1. The van der Waals surface area contributed by atoms with Gasteiger partial charge in [-0.3, -0.25) is 4.79 Å². The van der Waals surface area contributed by atoms with Crippen LogP contribution in [-0.4, -0.2) is 52.5 Å². The smallest absolute Gasteiger partial charge is 0.251 e. The summed E-state index contributed by atoms with van der Waals surface area (Å²) in [6, 6.07) is 10.4. The van der Waals surface area contributed by atoms with Crippen LogP contribution in [0.25, 0.3) is 0 Å². The van der Waals surface area contributed by atoms with Gasteiger partial charge in [0, 0.05) is 25.2 Å². The summed E-state index contributed by atoms with van der Waals surface area (Å²) in [7, 11) is -0.662. The number of amides is 1. The number of rotatable bonds is 8. The fourth-order valence-electron chi connectivity index (χ4n) is 3.60. The highest BCUT2D eigenvalue weighted by Gasteiger charge is 2.30. The molecule has 0 bridgehead atoms. The van der Waals surface area contributed by atoms with Gasteiger partial charge in [0.05, 0.1) is 14.2 Å². The lowest BCUT2D eigenvalue weighted by Crippen LogP contribution is -2.29. The van der Waals surface area contributed by atoms with Crippen molar-refractivity contribution in [2.24, 2.45) is 0 Å². The molecule has 8 heteroatoms. The van der Waals surface area contributed by atoms with E-state index < -0.39 is 10.0 Å². The van der Waals surface area contributed by atoms with Crippen LogP contribution in [0, 0.1) is 6.92 Å². The molecule has 1 fully saturated rings. The second-order valence-corrected chi connectivity index (χ2v) is 9.20. The first-order valence-electron chi connectivity index (χ1n) is 9.96. The van der Waals surface area contributed by atoms with Crippen LogP contribution in [0.4, 0.5) is 0 Å². The zero-order chi connectivity index (χ0) is 21.7. The molecule has 3 rings (SSSR count). The van der Waals surface area contributed by atoms with Crippen LogP contribution in [-0.2, 0) is 16.4 Å². The van der Waals surface area contributed by atoms with E-state index in [4.69, 9.17) is 9.47 Å². The minimum atomic E-state index is -3.70. The van der Waals surface area contributed by atoms with Crippen LogP contribution in [0.5, 0.6) is 11.5 Å². The van der Waals surface area contributed by atoms with E-state index in [1.807, 2.05) is 25.1 Å². The van der Waals surface area contributed by atoms with Crippen LogP contribution in [0.15, 0.2) is 41.3 Å². The van der Waals surface area contributed by atoms with E-state index >= 15 is 0 Å². The fraction of sp³-hybridized carbons (Fsp3) is 0.409. The molecule has 1 saturated heterocycles. The molecule has 0 unspecified atom stereocenters. The maximum absolute atomic E-state index is 13.0. The van der Waals surface area contributed by atoms with Crippen molar-refractivity contribution in [1.82, 2.24) is 9.62 Å². The largest absolute Gasteiger partial charge is 0.496 e. The molecule has 2 aromatic rings. The van der Waals surface area contributed by atoms with Crippen LogP contribution in [0.1, 0.15) is 34.3 Å². The second kappa shape index (κ2) is 9.49. The molecule has 0 aliphatic carbocycles. The Balaban J connectivity index is 1.74. The van der Waals surface area contributed by atoms with E-state index in [1.54, 1.807) is 13.2 Å². The highest BCUT2D eigenvalue weighted by molar-refractivity contribution is 7.89. The minimum Gasteiger partial charge on any atom is -0.496 e. The molecule has 2 aromatic carbocycles. The fourth-order valence-corrected chi connectivity index (χ4v) is 5.30. The molecular formula is C22H28N2O5S. The number of carbonyl (C=O) groups is 1. The Morgan fingerprint density at radius 3 is 2.37 bits per heavy atom. The first-order chi connectivity index (χ1) is 14.4. The summed E-state index contributed by atoms with van der Waals surface area (Å²) in [5.41, 5.74) is 2.40. The zero-order valence-corrected chi connectivity index (χ0v) is 18.4. The van der Waals surface area contributed by atoms with E-state index in [2.05, 4.69) is 5.32 Å². The number of aryl methyl sites for hydroxylation is 1. The van der Waals surface area contributed by atoms with Crippen molar-refractivity contribution in [2.75, 3.05) is 33.9 Å². The van der Waals surface area contributed by atoms with Crippen LogP contribution in [0.2, 0.25) is 0 Å². The third kappa shape index (κ3) is 4.76. The van der Waals surface area contributed by atoms with E-state index in [-0.39, 0.29) is 22.1 Å². The van der Waals surface area contributed by atoms with Gasteiger partial charge in [0.2, 0.25) is 10.0 Å². The molecular weight excluding hydrogens is 404 g/mol. The van der Waals surface area contributed by atoms with Gasteiger partial charge in [-0.1, -0.05) is 17.7 Å². The molecule has 0 atom stereocenters. The number of hydrogen-bond donors (Lipinski definition) is 1. The first-order valence-corrected chi connectivity index (χ1v) is 11.4. The molecule has 1 heterocycles. The number of benzene rings is 2. The maximum atomic E-state index is 13.0. The Hall–Kier alpha value is -2.58. The number of carbonyl (C=O) groups excluding carboxylic acids is 1. The predicted molar refractivity (Wildman–Crippen MR) is 115 cm³/mol. The van der Waals surface area contributed by atoms with Gasteiger partial charge < -0.3 is 14.8 Å². The summed E-state index contributed by atoms with van der Waals surface area (Å²) in [6.07, 6.45) is 2.28. The first kappa shape index (κ1) is 22.1. The van der Waals surface area contributed by atoms with E-state index in [9.17, 15) is 13.2 Å². The monoisotopic (exact) mass is 432 g/mol. The van der Waals surface area contributed by atoms with Crippen molar-refractivity contribution >= 4 is 15.9 Å². The molecule has 162 valence electrons. The summed E-state index contributed by atoms with van der Waals surface area (Å²) in [5, 5.41) is 2.86. The number of sulfonamides is 1. The maximum Gasteiger partial charge on any atom is 0.251 e. The second-order valence-electron chi connectivity index (χ2n) is 7.30.